The lowest BCUT2D eigenvalue weighted by atomic mass is 10.0. The van der Waals surface area contributed by atoms with E-state index in [1.165, 1.54) is 6.07 Å². The topological polar surface area (TPSA) is 53.0 Å². The Morgan fingerprint density at radius 1 is 0.816 bits per heavy atom. The van der Waals surface area contributed by atoms with Crippen LogP contribution in [0.1, 0.15) is 48.9 Å². The van der Waals surface area contributed by atoms with Crippen LogP contribution in [0.3, 0.4) is 0 Å². The van der Waals surface area contributed by atoms with Gasteiger partial charge in [-0.25, -0.2) is 4.79 Å². The minimum Gasteiger partial charge on any atom is -0.465 e. The molecule has 5 nitrogen and oxygen atoms in total. The first-order chi connectivity index (χ1) is 17.4. The summed E-state index contributed by atoms with van der Waals surface area (Å²) in [5.74, 6) is -0.659. The summed E-state index contributed by atoms with van der Waals surface area (Å²) in [6, 6.07) is 4.00. The average Bonchev–Trinajstić information content (AvgIpc) is 2.76. The number of rotatable bonds is 10. The Kier molecular flexibility index (Phi) is 9.78. The van der Waals surface area contributed by atoms with Crippen molar-refractivity contribution in [2.45, 2.75) is 58.5 Å². The molecule has 2 rings (SSSR count). The highest BCUT2D eigenvalue weighted by Crippen LogP contribution is 2.37. The molecule has 0 unspecified atom stereocenters. The number of benzene rings is 2. The van der Waals surface area contributed by atoms with Crippen molar-refractivity contribution >= 4 is 11.8 Å². The summed E-state index contributed by atoms with van der Waals surface area (Å²) in [5.41, 5.74) is -3.46. The number of carboxylic acid groups (broad SMARTS) is 1. The van der Waals surface area contributed by atoms with Crippen LogP contribution in [0.4, 0.5) is 50.0 Å². The molecular weight excluding hydrogens is 535 g/mol. The lowest BCUT2D eigenvalue weighted by Crippen LogP contribution is -2.31. The van der Waals surface area contributed by atoms with Gasteiger partial charge in [-0.1, -0.05) is 13.8 Å². The second kappa shape index (κ2) is 12.0. The number of hydrogen-bond acceptors (Lipinski definition) is 3. The van der Waals surface area contributed by atoms with Crippen molar-refractivity contribution in [1.29, 1.82) is 0 Å². The largest absolute Gasteiger partial charge is 0.573 e. The van der Waals surface area contributed by atoms with Crippen LogP contribution in [0.15, 0.2) is 36.4 Å². The lowest BCUT2D eigenvalue weighted by Gasteiger charge is -2.29. The van der Waals surface area contributed by atoms with Crippen molar-refractivity contribution in [3.8, 4) is 5.75 Å². The van der Waals surface area contributed by atoms with Crippen molar-refractivity contribution in [2.24, 2.45) is 0 Å². The molecule has 0 saturated carbocycles. The van der Waals surface area contributed by atoms with Crippen LogP contribution in [0.2, 0.25) is 0 Å². The van der Waals surface area contributed by atoms with E-state index in [2.05, 4.69) is 4.74 Å². The maximum atomic E-state index is 13.2. The predicted octanol–water partition coefficient (Wildman–Crippen LogP) is 7.93. The molecule has 14 heteroatoms. The van der Waals surface area contributed by atoms with Crippen molar-refractivity contribution in [2.75, 3.05) is 18.0 Å². The molecule has 0 spiro atoms. The molecular formula is C24H25F9N2O3. The van der Waals surface area contributed by atoms with Crippen LogP contribution < -0.4 is 9.64 Å². The van der Waals surface area contributed by atoms with Crippen LogP contribution in [0.5, 0.6) is 5.75 Å². The highest BCUT2D eigenvalue weighted by atomic mass is 19.4. The van der Waals surface area contributed by atoms with Gasteiger partial charge in [0.2, 0.25) is 0 Å². The molecule has 0 heterocycles. The molecule has 0 aliphatic heterocycles. The molecule has 2 aromatic rings. The van der Waals surface area contributed by atoms with E-state index in [1.807, 2.05) is 13.8 Å². The average molecular weight is 560 g/mol. The summed E-state index contributed by atoms with van der Waals surface area (Å²) < 4.78 is 122. The van der Waals surface area contributed by atoms with Crippen LogP contribution in [-0.2, 0) is 25.4 Å². The molecule has 0 atom stereocenters. The Morgan fingerprint density at radius 3 is 1.76 bits per heavy atom. The number of carbonyl (C=O) groups is 1. The fraction of sp³-hybridized carbons (Fsp3) is 0.458. The van der Waals surface area contributed by atoms with Gasteiger partial charge in [-0.2, -0.15) is 26.3 Å². The molecule has 0 aromatic heterocycles. The molecule has 212 valence electrons. The molecule has 1 amide bonds. The van der Waals surface area contributed by atoms with Crippen molar-refractivity contribution in [3.05, 3.63) is 58.7 Å². The second-order valence-corrected chi connectivity index (χ2v) is 8.38. The highest BCUT2D eigenvalue weighted by molar-refractivity contribution is 5.66. The third-order valence-corrected chi connectivity index (χ3v) is 5.26. The maximum Gasteiger partial charge on any atom is 0.573 e. The number of anilines is 1. The number of amides is 1. The zero-order valence-electron chi connectivity index (χ0n) is 20.3. The zero-order valence-corrected chi connectivity index (χ0v) is 20.3. The van der Waals surface area contributed by atoms with Gasteiger partial charge < -0.3 is 14.7 Å². The summed E-state index contributed by atoms with van der Waals surface area (Å²) in [6.07, 6.45) is -15.8. The molecule has 0 saturated heterocycles. The van der Waals surface area contributed by atoms with E-state index in [4.69, 9.17) is 0 Å². The minimum atomic E-state index is -5.14. The Morgan fingerprint density at radius 2 is 1.34 bits per heavy atom. The molecule has 1 N–H and O–H groups in total. The normalized spacial score (nSPS) is 12.4. The van der Waals surface area contributed by atoms with Crippen LogP contribution >= 0.6 is 0 Å². The quantitative estimate of drug-likeness (QED) is 0.300. The Labute approximate surface area is 212 Å². The summed E-state index contributed by atoms with van der Waals surface area (Å²) >= 11 is 0. The van der Waals surface area contributed by atoms with E-state index in [-0.39, 0.29) is 11.6 Å². The fourth-order valence-electron chi connectivity index (χ4n) is 3.81. The number of nitrogens with zero attached hydrogens (tertiary/aromatic N) is 2. The number of ether oxygens (including phenoxy) is 1. The van der Waals surface area contributed by atoms with E-state index in [0.29, 0.717) is 48.7 Å². The molecule has 0 radical (unpaired) electrons. The molecule has 0 aliphatic carbocycles. The van der Waals surface area contributed by atoms with E-state index in [0.717, 1.165) is 12.1 Å². The minimum absolute atomic E-state index is 0.0269. The van der Waals surface area contributed by atoms with Crippen molar-refractivity contribution in [3.63, 3.8) is 0 Å². The SMILES string of the molecule is CCCN(CCC)c1ccc(OC(F)(F)F)cc1CN(Cc1cc(C(F)(F)F)cc(C(F)(F)F)c1)C(=O)O. The fourth-order valence-corrected chi connectivity index (χ4v) is 3.81. The van der Waals surface area contributed by atoms with Crippen LogP contribution in [0, 0.1) is 0 Å². The third kappa shape index (κ3) is 8.91. The predicted molar refractivity (Wildman–Crippen MR) is 120 cm³/mol. The molecule has 0 fully saturated rings. The van der Waals surface area contributed by atoms with E-state index in [9.17, 15) is 49.4 Å². The van der Waals surface area contributed by atoms with Crippen molar-refractivity contribution in [1.82, 2.24) is 4.90 Å². The van der Waals surface area contributed by atoms with Crippen molar-refractivity contribution < 1.29 is 54.2 Å². The first kappa shape index (κ1) is 30.9. The third-order valence-electron chi connectivity index (χ3n) is 5.26. The van der Waals surface area contributed by atoms with E-state index in [1.54, 1.807) is 4.90 Å². The van der Waals surface area contributed by atoms with Gasteiger partial charge >= 0.3 is 24.8 Å². The second-order valence-electron chi connectivity index (χ2n) is 8.38. The van der Waals surface area contributed by atoms with Gasteiger partial charge in [0.05, 0.1) is 17.7 Å². The lowest BCUT2D eigenvalue weighted by molar-refractivity contribution is -0.274. The summed E-state index contributed by atoms with van der Waals surface area (Å²) in [7, 11) is 0. The van der Waals surface area contributed by atoms with Gasteiger partial charge in [0, 0.05) is 25.3 Å². The van der Waals surface area contributed by atoms with Gasteiger partial charge in [0.1, 0.15) is 5.75 Å². The standard InChI is InChI=1S/C24H25F9N2O3/c1-3-7-34(8-4-2)20-6-5-19(38-24(31,32)33)11-16(20)14-35(21(36)37)13-15-9-17(22(25,26)27)12-18(10-15)23(28,29)30/h5-6,9-12H,3-4,7-8,13-14H2,1-2H3,(H,36,37). The summed E-state index contributed by atoms with van der Waals surface area (Å²) in [4.78, 5) is 14.3. The zero-order chi connectivity index (χ0) is 28.9. The number of halogens is 9. The Bertz CT molecular complexity index is 1060. The van der Waals surface area contributed by atoms with Gasteiger partial charge in [0.15, 0.2) is 0 Å². The van der Waals surface area contributed by atoms with Gasteiger partial charge in [-0.15, -0.1) is 13.2 Å². The molecule has 2 aromatic carbocycles. The molecule has 0 bridgehead atoms. The first-order valence-electron chi connectivity index (χ1n) is 11.3. The highest BCUT2D eigenvalue weighted by Gasteiger charge is 2.37. The summed E-state index contributed by atoms with van der Waals surface area (Å²) in [5, 5.41) is 9.70. The summed E-state index contributed by atoms with van der Waals surface area (Å²) in [6.45, 7) is 3.07. The number of hydrogen-bond donors (Lipinski definition) is 1. The molecule has 38 heavy (non-hydrogen) atoms. The van der Waals surface area contributed by atoms with Gasteiger partial charge in [-0.05, 0) is 60.4 Å². The Balaban J connectivity index is 2.55. The number of alkyl halides is 9. The van der Waals surface area contributed by atoms with Crippen LogP contribution in [-0.4, -0.2) is 35.6 Å². The monoisotopic (exact) mass is 560 g/mol. The van der Waals surface area contributed by atoms with E-state index >= 15 is 0 Å². The van der Waals surface area contributed by atoms with Crippen LogP contribution in [0.25, 0.3) is 0 Å². The molecule has 0 aliphatic rings. The van der Waals surface area contributed by atoms with E-state index < -0.39 is 60.3 Å². The van der Waals surface area contributed by atoms with Gasteiger partial charge in [0.25, 0.3) is 0 Å². The maximum absolute atomic E-state index is 13.2. The Hall–Kier alpha value is -3.32. The smallest absolute Gasteiger partial charge is 0.465 e. The van der Waals surface area contributed by atoms with Gasteiger partial charge in [-0.3, -0.25) is 4.90 Å². The first-order valence-corrected chi connectivity index (χ1v) is 11.3.